The number of morpholine rings is 1. The first-order chi connectivity index (χ1) is 12.8. The highest BCUT2D eigenvalue weighted by molar-refractivity contribution is 5.14. The lowest BCUT2D eigenvalue weighted by Crippen LogP contribution is -2.57. The normalized spacial score (nSPS) is 28.1. The summed E-state index contributed by atoms with van der Waals surface area (Å²) in [5.41, 5.74) is 1.48. The lowest BCUT2D eigenvalue weighted by molar-refractivity contribution is -0.130. The van der Waals surface area contributed by atoms with Crippen molar-refractivity contribution in [3.63, 3.8) is 0 Å². The Kier molecular flexibility index (Phi) is 6.23. The third-order valence-corrected chi connectivity index (χ3v) is 5.99. The number of piperidine rings is 1. The van der Waals surface area contributed by atoms with Gasteiger partial charge in [-0.3, -0.25) is 9.80 Å². The maximum absolute atomic E-state index is 6.22. The van der Waals surface area contributed by atoms with Crippen LogP contribution in [0.1, 0.15) is 24.8 Å². The van der Waals surface area contributed by atoms with Gasteiger partial charge in [0.1, 0.15) is 0 Å². The van der Waals surface area contributed by atoms with E-state index in [0.29, 0.717) is 6.10 Å². The molecule has 3 aliphatic heterocycles. The van der Waals surface area contributed by atoms with Crippen molar-refractivity contribution in [2.75, 3.05) is 59.0 Å². The van der Waals surface area contributed by atoms with Gasteiger partial charge < -0.3 is 14.8 Å². The molecule has 1 spiro atoms. The minimum atomic E-state index is 0.0813. The third kappa shape index (κ3) is 4.84. The van der Waals surface area contributed by atoms with Crippen molar-refractivity contribution in [2.45, 2.75) is 37.5 Å². The van der Waals surface area contributed by atoms with E-state index in [0.717, 1.165) is 84.8 Å². The minimum absolute atomic E-state index is 0.0813. The second-order valence-electron chi connectivity index (χ2n) is 8.08. The fraction of sp³-hybridized carbons (Fsp3) is 0.714. The quantitative estimate of drug-likeness (QED) is 0.886. The van der Waals surface area contributed by atoms with Gasteiger partial charge >= 0.3 is 0 Å². The fourth-order valence-electron chi connectivity index (χ4n) is 4.62. The van der Waals surface area contributed by atoms with Gasteiger partial charge in [0, 0.05) is 45.9 Å². The molecule has 0 aliphatic carbocycles. The molecule has 5 heteroatoms. The topological polar surface area (TPSA) is 37.0 Å². The van der Waals surface area contributed by atoms with Crippen LogP contribution in [0.15, 0.2) is 30.3 Å². The molecule has 3 heterocycles. The maximum atomic E-state index is 6.22. The van der Waals surface area contributed by atoms with E-state index in [1.807, 2.05) is 0 Å². The zero-order valence-corrected chi connectivity index (χ0v) is 15.9. The minimum Gasteiger partial charge on any atom is -0.376 e. The van der Waals surface area contributed by atoms with Crippen LogP contribution in [-0.2, 0) is 16.0 Å². The monoisotopic (exact) mass is 359 g/mol. The van der Waals surface area contributed by atoms with E-state index in [2.05, 4.69) is 45.4 Å². The van der Waals surface area contributed by atoms with Crippen molar-refractivity contribution in [1.29, 1.82) is 0 Å². The Labute approximate surface area is 157 Å². The van der Waals surface area contributed by atoms with Crippen LogP contribution in [0, 0.1) is 0 Å². The average Bonchev–Trinajstić information content (AvgIpc) is 2.88. The number of hydrogen-bond donors (Lipinski definition) is 1. The van der Waals surface area contributed by atoms with Crippen LogP contribution in [0.5, 0.6) is 0 Å². The van der Waals surface area contributed by atoms with Gasteiger partial charge in [-0.1, -0.05) is 30.3 Å². The van der Waals surface area contributed by atoms with Crippen LogP contribution in [-0.4, -0.2) is 80.5 Å². The predicted octanol–water partition coefficient (Wildman–Crippen LogP) is 1.73. The summed E-state index contributed by atoms with van der Waals surface area (Å²) in [5, 5.41) is 3.46. The van der Waals surface area contributed by atoms with Gasteiger partial charge in [-0.05, 0) is 37.9 Å². The number of ether oxygens (including phenoxy) is 2. The molecule has 4 rings (SSSR count). The molecular formula is C21H33N3O2. The second-order valence-corrected chi connectivity index (χ2v) is 8.08. The van der Waals surface area contributed by atoms with Gasteiger partial charge in [0.25, 0.3) is 0 Å². The smallest absolute Gasteiger partial charge is 0.0833 e. The number of rotatable bonds is 4. The Hall–Kier alpha value is -0.980. The summed E-state index contributed by atoms with van der Waals surface area (Å²) in [6.07, 6.45) is 3.70. The molecular weight excluding hydrogens is 326 g/mol. The fourth-order valence-corrected chi connectivity index (χ4v) is 4.62. The predicted molar refractivity (Wildman–Crippen MR) is 103 cm³/mol. The van der Waals surface area contributed by atoms with E-state index in [9.17, 15) is 0 Å². The van der Waals surface area contributed by atoms with Gasteiger partial charge in [-0.2, -0.15) is 0 Å². The van der Waals surface area contributed by atoms with Crippen LogP contribution >= 0.6 is 0 Å². The second kappa shape index (κ2) is 8.81. The van der Waals surface area contributed by atoms with Gasteiger partial charge in [-0.25, -0.2) is 0 Å². The van der Waals surface area contributed by atoms with E-state index >= 15 is 0 Å². The zero-order valence-electron chi connectivity index (χ0n) is 15.9. The Morgan fingerprint density at radius 2 is 1.88 bits per heavy atom. The first-order valence-electron chi connectivity index (χ1n) is 10.3. The van der Waals surface area contributed by atoms with Crippen molar-refractivity contribution in [3.05, 3.63) is 35.9 Å². The highest BCUT2D eigenvalue weighted by Gasteiger charge is 2.38. The van der Waals surface area contributed by atoms with E-state index in [1.54, 1.807) is 0 Å². The SMILES string of the molecule is c1ccc(CN2CCCOC(CN3CCOC4(CCNCC4)C3)C2)cc1. The Balaban J connectivity index is 1.33. The molecule has 1 atom stereocenters. The number of nitrogens with zero attached hydrogens (tertiary/aromatic N) is 2. The molecule has 0 saturated carbocycles. The van der Waals surface area contributed by atoms with E-state index in [1.165, 1.54) is 5.56 Å². The van der Waals surface area contributed by atoms with Crippen molar-refractivity contribution < 1.29 is 9.47 Å². The highest BCUT2D eigenvalue weighted by Crippen LogP contribution is 2.27. The summed E-state index contributed by atoms with van der Waals surface area (Å²) in [6.45, 7) is 10.2. The van der Waals surface area contributed by atoms with E-state index < -0.39 is 0 Å². The van der Waals surface area contributed by atoms with E-state index in [-0.39, 0.29) is 5.60 Å². The summed E-state index contributed by atoms with van der Waals surface area (Å²) < 4.78 is 12.4. The Morgan fingerprint density at radius 1 is 1.04 bits per heavy atom. The average molecular weight is 360 g/mol. The van der Waals surface area contributed by atoms with Crippen molar-refractivity contribution in [3.8, 4) is 0 Å². The van der Waals surface area contributed by atoms with Crippen LogP contribution < -0.4 is 5.32 Å². The zero-order chi connectivity index (χ0) is 17.7. The molecule has 3 saturated heterocycles. The lowest BCUT2D eigenvalue weighted by Gasteiger charge is -2.46. The first kappa shape index (κ1) is 18.4. The van der Waals surface area contributed by atoms with Crippen LogP contribution in [0.3, 0.4) is 0 Å². The van der Waals surface area contributed by atoms with Crippen molar-refractivity contribution in [1.82, 2.24) is 15.1 Å². The first-order valence-corrected chi connectivity index (χ1v) is 10.3. The summed E-state index contributed by atoms with van der Waals surface area (Å²) in [4.78, 5) is 5.15. The van der Waals surface area contributed by atoms with Crippen LogP contribution in [0.2, 0.25) is 0 Å². The number of nitrogens with one attached hydrogen (secondary N) is 1. The molecule has 1 N–H and O–H groups in total. The molecule has 1 unspecified atom stereocenters. The highest BCUT2D eigenvalue weighted by atomic mass is 16.5. The summed E-state index contributed by atoms with van der Waals surface area (Å²) in [6, 6.07) is 10.8. The molecule has 1 aromatic rings. The summed E-state index contributed by atoms with van der Waals surface area (Å²) in [5.74, 6) is 0. The van der Waals surface area contributed by atoms with Crippen LogP contribution in [0.4, 0.5) is 0 Å². The Bertz CT molecular complexity index is 542. The van der Waals surface area contributed by atoms with Crippen molar-refractivity contribution >= 4 is 0 Å². The largest absolute Gasteiger partial charge is 0.376 e. The maximum Gasteiger partial charge on any atom is 0.0833 e. The molecule has 3 aliphatic rings. The van der Waals surface area contributed by atoms with Crippen molar-refractivity contribution in [2.24, 2.45) is 0 Å². The molecule has 144 valence electrons. The number of hydrogen-bond acceptors (Lipinski definition) is 5. The number of benzene rings is 1. The van der Waals surface area contributed by atoms with Gasteiger partial charge in [0.05, 0.1) is 18.3 Å². The standard InChI is InChI=1S/C21H33N3O2/c1-2-5-19(6-3-1)15-23-11-4-13-25-20(16-23)17-24-12-14-26-21(18-24)7-9-22-10-8-21/h1-3,5-6,20,22H,4,7-18H2. The van der Waals surface area contributed by atoms with Gasteiger partial charge in [0.2, 0.25) is 0 Å². The molecule has 0 radical (unpaired) electrons. The molecule has 1 aromatic carbocycles. The molecule has 0 aromatic heterocycles. The molecule has 0 amide bonds. The molecule has 3 fully saturated rings. The lowest BCUT2D eigenvalue weighted by atomic mass is 9.90. The van der Waals surface area contributed by atoms with Gasteiger partial charge in [0.15, 0.2) is 0 Å². The summed E-state index contributed by atoms with van der Waals surface area (Å²) in [7, 11) is 0. The molecule has 26 heavy (non-hydrogen) atoms. The Morgan fingerprint density at radius 3 is 2.73 bits per heavy atom. The van der Waals surface area contributed by atoms with E-state index in [4.69, 9.17) is 9.47 Å². The third-order valence-electron chi connectivity index (χ3n) is 5.99. The summed E-state index contributed by atoms with van der Waals surface area (Å²) >= 11 is 0. The van der Waals surface area contributed by atoms with Gasteiger partial charge in [-0.15, -0.1) is 0 Å². The van der Waals surface area contributed by atoms with Crippen LogP contribution in [0.25, 0.3) is 0 Å². The molecule has 0 bridgehead atoms. The molecule has 5 nitrogen and oxygen atoms in total.